The van der Waals surface area contributed by atoms with Crippen LogP contribution >= 0.6 is 0 Å². The van der Waals surface area contributed by atoms with Crippen LogP contribution < -0.4 is 20.9 Å². The van der Waals surface area contributed by atoms with Gasteiger partial charge in [-0.3, -0.25) is 29.0 Å². The third-order valence-corrected chi connectivity index (χ3v) is 13.7. The molecule has 0 aromatic heterocycles. The summed E-state index contributed by atoms with van der Waals surface area (Å²) in [6.45, 7) is 6.83. The van der Waals surface area contributed by atoms with Crippen LogP contribution in [0.4, 0.5) is 11.4 Å². The topological polar surface area (TPSA) is 143 Å². The minimum atomic E-state index is -0.757. The first-order valence-corrected chi connectivity index (χ1v) is 21.7. The summed E-state index contributed by atoms with van der Waals surface area (Å²) in [6, 6.07) is 31.3. The van der Waals surface area contributed by atoms with E-state index in [0.29, 0.717) is 29.7 Å². The third kappa shape index (κ3) is 7.98. The molecule has 60 heavy (non-hydrogen) atoms. The van der Waals surface area contributed by atoms with Gasteiger partial charge in [0.25, 0.3) is 11.8 Å². The number of nitrogens with zero attached hydrogens (tertiary/aromatic N) is 5. The van der Waals surface area contributed by atoms with Gasteiger partial charge in [0, 0.05) is 81.6 Å². The number of carbonyl (C=O) groups excluding carboxylic acids is 4. The van der Waals surface area contributed by atoms with Gasteiger partial charge < -0.3 is 30.9 Å². The molecule has 4 amide bonds. The van der Waals surface area contributed by atoms with Crippen molar-refractivity contribution in [1.82, 2.24) is 20.0 Å². The molecule has 4 aromatic carbocycles. The Morgan fingerprint density at radius 1 is 0.733 bits per heavy atom. The number of likely N-dealkylation sites (tertiary alicyclic amines) is 1. The number of phenolic OH excluding ortho intramolecular Hbond substituents is 1. The lowest BCUT2D eigenvalue weighted by atomic mass is 9.69. The molecule has 0 radical (unpaired) electrons. The Balaban J connectivity index is 0.766. The van der Waals surface area contributed by atoms with E-state index in [1.807, 2.05) is 24.3 Å². The highest BCUT2D eigenvalue weighted by Crippen LogP contribution is 2.47. The largest absolute Gasteiger partial charge is 0.508 e. The molecule has 0 bridgehead atoms. The highest BCUT2D eigenvalue weighted by Gasteiger charge is 2.43. The number of benzene rings is 4. The average Bonchev–Trinajstić information content (AvgIpc) is 3.61. The van der Waals surface area contributed by atoms with E-state index >= 15 is 0 Å². The normalized spacial score (nSPS) is 22.6. The molecule has 4 aliphatic heterocycles. The number of anilines is 2. The Morgan fingerprint density at radius 3 is 2.22 bits per heavy atom. The van der Waals surface area contributed by atoms with Crippen LogP contribution in [0.2, 0.25) is 0 Å². The van der Waals surface area contributed by atoms with Crippen LogP contribution in [0, 0.1) is 5.92 Å². The molecule has 4 heterocycles. The van der Waals surface area contributed by atoms with Crippen molar-refractivity contribution in [3.05, 3.63) is 124 Å². The van der Waals surface area contributed by atoms with E-state index < -0.39 is 17.9 Å². The average molecular weight is 810 g/mol. The molecule has 4 aromatic rings. The maximum absolute atomic E-state index is 13.5. The Bertz CT molecular complexity index is 2230. The first-order chi connectivity index (χ1) is 29.2. The molecule has 3 atom stereocenters. The number of imide groups is 1. The van der Waals surface area contributed by atoms with Crippen LogP contribution in [0.3, 0.4) is 0 Å². The second-order valence-corrected chi connectivity index (χ2v) is 17.2. The molecule has 9 rings (SSSR count). The predicted octanol–water partition coefficient (Wildman–Crippen LogP) is 4.80. The number of nitrogens with two attached hydrogens (primary N) is 1. The van der Waals surface area contributed by atoms with E-state index in [9.17, 15) is 24.3 Å². The molecule has 3 fully saturated rings. The SMILES string of the molecule is NCC(=O)NCN1C(=O)CC[C@H](N2Cc3cc(N4CCN(CC5CCN(c6ccc([C@@H]7c8ccc(O)cc8CC[C@@H]7c7ccccc7)cc6)CC5)CC4)ccc3C2=O)C1=O. The minimum Gasteiger partial charge on any atom is -0.508 e. The number of piperidine rings is 2. The van der Waals surface area contributed by atoms with Crippen molar-refractivity contribution >= 4 is 35.0 Å². The van der Waals surface area contributed by atoms with Gasteiger partial charge in [0.1, 0.15) is 18.5 Å². The van der Waals surface area contributed by atoms with Crippen LogP contribution in [0.5, 0.6) is 5.75 Å². The predicted molar refractivity (Wildman–Crippen MR) is 231 cm³/mol. The summed E-state index contributed by atoms with van der Waals surface area (Å²) in [4.78, 5) is 61.2. The number of aromatic hydroxyl groups is 1. The van der Waals surface area contributed by atoms with Crippen molar-refractivity contribution < 1.29 is 24.3 Å². The Labute approximate surface area is 351 Å². The maximum atomic E-state index is 13.5. The van der Waals surface area contributed by atoms with Gasteiger partial charge in [0.2, 0.25) is 11.8 Å². The molecular weight excluding hydrogens is 755 g/mol. The van der Waals surface area contributed by atoms with Crippen molar-refractivity contribution in [1.29, 1.82) is 0 Å². The van der Waals surface area contributed by atoms with E-state index in [2.05, 4.69) is 86.7 Å². The summed E-state index contributed by atoms with van der Waals surface area (Å²) < 4.78 is 0. The standard InChI is InChI=1S/C48H55N7O5/c49-28-44(57)50-31-55-45(58)17-16-43(48(55)60)54-30-36-26-38(11-14-42(36)47(54)59)53-24-22-51(23-25-53)29-32-18-20-52(21-19-32)37-9-6-34(7-10-37)46-40(33-4-2-1-3-5-33)13-8-35-27-39(56)12-15-41(35)46/h1-7,9-12,14-15,26-27,32,40,43,46,56H,8,13,16-25,28-31,49H2,(H,50,57)/t40-,43+,46+/m1/s1. The van der Waals surface area contributed by atoms with Gasteiger partial charge in [-0.05, 0) is 114 Å². The summed E-state index contributed by atoms with van der Waals surface area (Å²) in [5.41, 5.74) is 14.5. The summed E-state index contributed by atoms with van der Waals surface area (Å²) >= 11 is 0. The summed E-state index contributed by atoms with van der Waals surface area (Å²) in [5, 5.41) is 12.7. The van der Waals surface area contributed by atoms with Gasteiger partial charge in [-0.15, -0.1) is 0 Å². The number of nitrogens with one attached hydrogen (secondary N) is 1. The van der Waals surface area contributed by atoms with Gasteiger partial charge in [-0.25, -0.2) is 0 Å². The van der Waals surface area contributed by atoms with Gasteiger partial charge in [0.05, 0.1) is 6.54 Å². The number of piperazine rings is 1. The number of aryl methyl sites for hydroxylation is 1. The Morgan fingerprint density at radius 2 is 1.47 bits per heavy atom. The summed E-state index contributed by atoms with van der Waals surface area (Å²) in [6.07, 6.45) is 4.76. The third-order valence-electron chi connectivity index (χ3n) is 13.7. The second-order valence-electron chi connectivity index (χ2n) is 17.2. The summed E-state index contributed by atoms with van der Waals surface area (Å²) in [7, 11) is 0. The van der Waals surface area contributed by atoms with Crippen LogP contribution in [-0.2, 0) is 27.3 Å². The lowest BCUT2D eigenvalue weighted by Crippen LogP contribution is -2.57. The van der Waals surface area contributed by atoms with Crippen molar-refractivity contribution in [2.24, 2.45) is 11.7 Å². The molecule has 312 valence electrons. The Kier molecular flexibility index (Phi) is 11.3. The number of carbonyl (C=O) groups is 4. The zero-order valence-corrected chi connectivity index (χ0v) is 34.2. The summed E-state index contributed by atoms with van der Waals surface area (Å²) in [5.74, 6) is 0.152. The van der Waals surface area contributed by atoms with Crippen LogP contribution in [0.25, 0.3) is 0 Å². The first kappa shape index (κ1) is 39.7. The number of amides is 4. The number of hydrogen-bond donors (Lipinski definition) is 3. The van der Waals surface area contributed by atoms with E-state index in [0.717, 1.165) is 74.8 Å². The van der Waals surface area contributed by atoms with Gasteiger partial charge in [0.15, 0.2) is 0 Å². The van der Waals surface area contributed by atoms with E-state index in [1.165, 1.54) is 40.8 Å². The highest BCUT2D eigenvalue weighted by atomic mass is 16.3. The lowest BCUT2D eigenvalue weighted by molar-refractivity contribution is -0.152. The van der Waals surface area contributed by atoms with E-state index in [-0.39, 0.29) is 43.8 Å². The van der Waals surface area contributed by atoms with Gasteiger partial charge in [-0.2, -0.15) is 0 Å². The number of fused-ring (bicyclic) bond motifs is 2. The highest BCUT2D eigenvalue weighted by molar-refractivity contribution is 6.05. The molecule has 5 aliphatic rings. The van der Waals surface area contributed by atoms with Crippen LogP contribution in [0.1, 0.15) is 82.1 Å². The molecule has 3 saturated heterocycles. The lowest BCUT2D eigenvalue weighted by Gasteiger charge is -2.40. The molecule has 12 nitrogen and oxygen atoms in total. The molecule has 1 aliphatic carbocycles. The smallest absolute Gasteiger partial charge is 0.255 e. The van der Waals surface area contributed by atoms with Crippen molar-refractivity contribution in [3.8, 4) is 5.75 Å². The van der Waals surface area contributed by atoms with Crippen molar-refractivity contribution in [3.63, 3.8) is 0 Å². The molecule has 0 unspecified atom stereocenters. The van der Waals surface area contributed by atoms with E-state index in [4.69, 9.17) is 5.73 Å². The van der Waals surface area contributed by atoms with Gasteiger partial charge in [-0.1, -0.05) is 48.5 Å². The first-order valence-electron chi connectivity index (χ1n) is 21.7. The fraction of sp³-hybridized carbons (Fsp3) is 0.417. The molecule has 4 N–H and O–H groups in total. The molecule has 12 heteroatoms. The van der Waals surface area contributed by atoms with Crippen LogP contribution in [0.15, 0.2) is 91.0 Å². The minimum absolute atomic E-state index is 0.123. The fourth-order valence-electron chi connectivity index (χ4n) is 10.4. The van der Waals surface area contributed by atoms with Crippen molar-refractivity contribution in [2.75, 3.05) is 68.8 Å². The monoisotopic (exact) mass is 809 g/mol. The molecule has 0 spiro atoms. The van der Waals surface area contributed by atoms with E-state index in [1.54, 1.807) is 4.90 Å². The zero-order valence-electron chi connectivity index (χ0n) is 34.2. The quantitative estimate of drug-likeness (QED) is 0.193. The van der Waals surface area contributed by atoms with Gasteiger partial charge >= 0.3 is 0 Å². The molecule has 0 saturated carbocycles. The second kappa shape index (κ2) is 17.1. The number of phenols is 1. The fourth-order valence-corrected chi connectivity index (χ4v) is 10.4. The molecular formula is C48H55N7O5. The number of rotatable bonds is 10. The van der Waals surface area contributed by atoms with Crippen LogP contribution in [-0.4, -0.2) is 109 Å². The zero-order chi connectivity index (χ0) is 41.3. The number of hydrogen-bond acceptors (Lipinski definition) is 9. The van der Waals surface area contributed by atoms with Crippen molar-refractivity contribution in [2.45, 2.75) is 62.9 Å². The maximum Gasteiger partial charge on any atom is 0.255 e. The Hall–Kier alpha value is -5.72.